The van der Waals surface area contributed by atoms with Gasteiger partial charge in [0, 0.05) is 33.4 Å². The molecule has 5 heteroatoms. The number of nitrogens with one attached hydrogen (secondary N) is 1. The van der Waals surface area contributed by atoms with Crippen molar-refractivity contribution in [2.24, 2.45) is 0 Å². The molecule has 0 aliphatic carbocycles. The van der Waals surface area contributed by atoms with E-state index in [0.29, 0.717) is 17.2 Å². The third-order valence-electron chi connectivity index (χ3n) is 2.41. The summed E-state index contributed by atoms with van der Waals surface area (Å²) in [6, 6.07) is 11.5. The highest BCUT2D eigenvalue weighted by Gasteiger charge is 2.03. The highest BCUT2D eigenvalue weighted by Crippen LogP contribution is 2.22. The summed E-state index contributed by atoms with van der Waals surface area (Å²) in [7, 11) is 0. The van der Waals surface area contributed by atoms with Crippen molar-refractivity contribution >= 4 is 33.4 Å². The lowest BCUT2D eigenvalue weighted by molar-refractivity contribution is 0.566. The standard InChI is InChI=1S/C14H12BrF2NS/c15-10-2-1-3-12(8-10)18-6-7-19-14-5-4-11(16)9-13(14)17/h1-5,8-9,18H,6-7H2. The van der Waals surface area contributed by atoms with E-state index in [1.807, 2.05) is 24.3 Å². The SMILES string of the molecule is Fc1ccc(SCCNc2cccc(Br)c2)c(F)c1. The van der Waals surface area contributed by atoms with E-state index in [1.165, 1.54) is 23.9 Å². The van der Waals surface area contributed by atoms with Crippen LogP contribution in [0.25, 0.3) is 0 Å². The van der Waals surface area contributed by atoms with Crippen LogP contribution in [0.15, 0.2) is 51.8 Å². The molecule has 0 aromatic heterocycles. The number of rotatable bonds is 5. The summed E-state index contributed by atoms with van der Waals surface area (Å²) in [5, 5.41) is 3.24. The highest BCUT2D eigenvalue weighted by molar-refractivity contribution is 9.10. The molecule has 0 aliphatic heterocycles. The van der Waals surface area contributed by atoms with Crippen LogP contribution in [0.5, 0.6) is 0 Å². The minimum atomic E-state index is -0.547. The van der Waals surface area contributed by atoms with Crippen molar-refractivity contribution in [3.8, 4) is 0 Å². The molecule has 19 heavy (non-hydrogen) atoms. The van der Waals surface area contributed by atoms with E-state index >= 15 is 0 Å². The Labute approximate surface area is 123 Å². The molecule has 0 aliphatic rings. The molecule has 0 radical (unpaired) electrons. The molecule has 0 amide bonds. The molecule has 2 aromatic rings. The Balaban J connectivity index is 1.81. The van der Waals surface area contributed by atoms with Gasteiger partial charge >= 0.3 is 0 Å². The average molecular weight is 344 g/mol. The van der Waals surface area contributed by atoms with E-state index in [2.05, 4.69) is 21.2 Å². The number of halogens is 3. The van der Waals surface area contributed by atoms with Crippen LogP contribution in [0.4, 0.5) is 14.5 Å². The Morgan fingerprint density at radius 1 is 1.11 bits per heavy atom. The molecular weight excluding hydrogens is 332 g/mol. The Bertz CT molecular complexity index is 563. The zero-order valence-electron chi connectivity index (χ0n) is 10.00. The Hall–Kier alpha value is -1.07. The lowest BCUT2D eigenvalue weighted by atomic mass is 10.3. The van der Waals surface area contributed by atoms with Crippen molar-refractivity contribution in [2.45, 2.75) is 4.90 Å². The maximum atomic E-state index is 13.4. The van der Waals surface area contributed by atoms with Crippen LogP contribution in [0.3, 0.4) is 0 Å². The maximum Gasteiger partial charge on any atom is 0.139 e. The van der Waals surface area contributed by atoms with Gasteiger partial charge in [-0.3, -0.25) is 0 Å². The quantitative estimate of drug-likeness (QED) is 0.610. The Morgan fingerprint density at radius 3 is 2.68 bits per heavy atom. The molecule has 0 bridgehead atoms. The van der Waals surface area contributed by atoms with E-state index in [0.717, 1.165) is 16.2 Å². The molecule has 0 fully saturated rings. The van der Waals surface area contributed by atoms with Crippen LogP contribution >= 0.6 is 27.7 Å². The average Bonchev–Trinajstić information content (AvgIpc) is 2.37. The lowest BCUT2D eigenvalue weighted by Gasteiger charge is -2.07. The van der Waals surface area contributed by atoms with Gasteiger partial charge in [0.05, 0.1) is 0 Å². The van der Waals surface area contributed by atoms with E-state index in [4.69, 9.17) is 0 Å². The van der Waals surface area contributed by atoms with Crippen molar-refractivity contribution in [1.82, 2.24) is 0 Å². The van der Waals surface area contributed by atoms with Crippen LogP contribution in [-0.4, -0.2) is 12.3 Å². The number of anilines is 1. The summed E-state index contributed by atoms with van der Waals surface area (Å²) < 4.78 is 27.1. The van der Waals surface area contributed by atoms with Gasteiger partial charge < -0.3 is 5.32 Å². The van der Waals surface area contributed by atoms with Gasteiger partial charge in [0.2, 0.25) is 0 Å². The normalized spacial score (nSPS) is 10.5. The Kier molecular flexibility index (Phi) is 5.22. The Morgan fingerprint density at radius 2 is 1.95 bits per heavy atom. The fourth-order valence-electron chi connectivity index (χ4n) is 1.55. The number of benzene rings is 2. The van der Waals surface area contributed by atoms with Gasteiger partial charge in [-0.25, -0.2) is 8.78 Å². The molecule has 0 unspecified atom stereocenters. The first kappa shape index (κ1) is 14.3. The molecule has 2 rings (SSSR count). The minimum absolute atomic E-state index is 0.470. The summed E-state index contributed by atoms with van der Waals surface area (Å²) in [5.41, 5.74) is 1.01. The summed E-state index contributed by atoms with van der Waals surface area (Å²) in [4.78, 5) is 0.470. The monoisotopic (exact) mass is 343 g/mol. The van der Waals surface area contributed by atoms with Gasteiger partial charge in [-0.15, -0.1) is 11.8 Å². The molecule has 0 saturated heterocycles. The lowest BCUT2D eigenvalue weighted by Crippen LogP contribution is -2.04. The summed E-state index contributed by atoms with van der Waals surface area (Å²) >= 11 is 4.76. The van der Waals surface area contributed by atoms with E-state index in [-0.39, 0.29) is 0 Å². The van der Waals surface area contributed by atoms with Crippen LogP contribution in [0.1, 0.15) is 0 Å². The van der Waals surface area contributed by atoms with Crippen molar-refractivity contribution in [3.63, 3.8) is 0 Å². The maximum absolute atomic E-state index is 13.4. The predicted molar refractivity (Wildman–Crippen MR) is 79.7 cm³/mol. The van der Waals surface area contributed by atoms with Crippen LogP contribution in [0.2, 0.25) is 0 Å². The fourth-order valence-corrected chi connectivity index (χ4v) is 2.73. The third-order valence-corrected chi connectivity index (χ3v) is 3.95. The molecule has 2 aromatic carbocycles. The van der Waals surface area contributed by atoms with Gasteiger partial charge in [-0.1, -0.05) is 22.0 Å². The molecule has 1 N–H and O–H groups in total. The first-order valence-electron chi connectivity index (χ1n) is 5.72. The highest BCUT2D eigenvalue weighted by atomic mass is 79.9. The first-order chi connectivity index (χ1) is 9.15. The van der Waals surface area contributed by atoms with Gasteiger partial charge in [0.1, 0.15) is 11.6 Å². The molecule has 0 saturated carbocycles. The second-order valence-corrected chi connectivity index (χ2v) is 5.91. The smallest absolute Gasteiger partial charge is 0.139 e. The van der Waals surface area contributed by atoms with Gasteiger partial charge in [0.25, 0.3) is 0 Å². The number of thioether (sulfide) groups is 1. The molecule has 0 atom stereocenters. The number of hydrogen-bond acceptors (Lipinski definition) is 2. The first-order valence-corrected chi connectivity index (χ1v) is 7.50. The van der Waals surface area contributed by atoms with Crippen LogP contribution in [0, 0.1) is 11.6 Å². The van der Waals surface area contributed by atoms with E-state index < -0.39 is 11.6 Å². The van der Waals surface area contributed by atoms with Gasteiger partial charge in [0.15, 0.2) is 0 Å². The largest absolute Gasteiger partial charge is 0.384 e. The van der Waals surface area contributed by atoms with Crippen molar-refractivity contribution in [2.75, 3.05) is 17.6 Å². The second-order valence-electron chi connectivity index (χ2n) is 3.86. The van der Waals surface area contributed by atoms with E-state index in [1.54, 1.807) is 0 Å². The van der Waals surface area contributed by atoms with Gasteiger partial charge in [-0.05, 0) is 30.3 Å². The van der Waals surface area contributed by atoms with Crippen LogP contribution in [-0.2, 0) is 0 Å². The summed E-state index contributed by atoms with van der Waals surface area (Å²) in [6.45, 7) is 0.706. The molecule has 1 nitrogen and oxygen atoms in total. The fraction of sp³-hybridized carbons (Fsp3) is 0.143. The summed E-state index contributed by atoms with van der Waals surface area (Å²) in [5.74, 6) is -0.351. The molecule has 100 valence electrons. The second kappa shape index (κ2) is 6.91. The minimum Gasteiger partial charge on any atom is -0.384 e. The third kappa shape index (κ3) is 4.51. The van der Waals surface area contributed by atoms with Crippen molar-refractivity contribution in [3.05, 3.63) is 58.6 Å². The predicted octanol–water partition coefficient (Wildman–Crippen LogP) is 4.93. The molecule has 0 spiro atoms. The zero-order chi connectivity index (χ0) is 13.7. The van der Waals surface area contributed by atoms with Crippen molar-refractivity contribution < 1.29 is 8.78 Å². The molecule has 0 heterocycles. The van der Waals surface area contributed by atoms with Crippen molar-refractivity contribution in [1.29, 1.82) is 0 Å². The van der Waals surface area contributed by atoms with E-state index in [9.17, 15) is 8.78 Å². The van der Waals surface area contributed by atoms with Crippen LogP contribution < -0.4 is 5.32 Å². The van der Waals surface area contributed by atoms with Gasteiger partial charge in [-0.2, -0.15) is 0 Å². The summed E-state index contributed by atoms with van der Waals surface area (Å²) in [6.07, 6.45) is 0. The number of hydrogen-bond donors (Lipinski definition) is 1. The zero-order valence-corrected chi connectivity index (χ0v) is 12.4. The molecular formula is C14H12BrF2NS. The topological polar surface area (TPSA) is 12.0 Å².